The summed E-state index contributed by atoms with van der Waals surface area (Å²) in [6, 6.07) is 19.0. The maximum absolute atomic E-state index is 14.5. The molecule has 1 aliphatic rings. The molecule has 8 heteroatoms. The van der Waals surface area contributed by atoms with Crippen LogP contribution in [0.15, 0.2) is 78.5 Å². The van der Waals surface area contributed by atoms with Crippen LogP contribution in [0.25, 0.3) is 5.57 Å². The molecule has 1 heterocycles. The number of rotatable bonds is 7. The molecular weight excluding hydrogens is 437 g/mol. The molecule has 1 aliphatic heterocycles. The van der Waals surface area contributed by atoms with E-state index in [1.165, 1.54) is 25.1 Å². The Bertz CT molecular complexity index is 1280. The second kappa shape index (κ2) is 9.58. The minimum absolute atomic E-state index is 0.0182. The average molecular weight is 459 g/mol. The number of hydrogen-bond acceptors (Lipinski definition) is 5. The highest BCUT2D eigenvalue weighted by Gasteiger charge is 2.41. The van der Waals surface area contributed by atoms with Gasteiger partial charge in [-0.1, -0.05) is 24.3 Å². The Morgan fingerprint density at radius 3 is 2.18 bits per heavy atom. The third-order valence-corrected chi connectivity index (χ3v) is 5.11. The lowest BCUT2D eigenvalue weighted by atomic mass is 10.0. The van der Waals surface area contributed by atoms with Gasteiger partial charge >= 0.3 is 0 Å². The van der Waals surface area contributed by atoms with Crippen molar-refractivity contribution in [1.29, 1.82) is 0 Å². The highest BCUT2D eigenvalue weighted by Crippen LogP contribution is 2.35. The summed E-state index contributed by atoms with van der Waals surface area (Å²) in [7, 11) is 0. The van der Waals surface area contributed by atoms with Gasteiger partial charge in [-0.3, -0.25) is 14.4 Å². The van der Waals surface area contributed by atoms with Gasteiger partial charge in [-0.15, -0.1) is 0 Å². The summed E-state index contributed by atoms with van der Waals surface area (Å²) in [6.45, 7) is 3.75. The fourth-order valence-corrected chi connectivity index (χ4v) is 3.63. The fourth-order valence-electron chi connectivity index (χ4n) is 3.63. The van der Waals surface area contributed by atoms with E-state index in [9.17, 15) is 18.8 Å². The van der Waals surface area contributed by atoms with Crippen molar-refractivity contribution in [2.24, 2.45) is 0 Å². The Morgan fingerprint density at radius 2 is 1.56 bits per heavy atom. The molecule has 3 amide bonds. The molecule has 3 aromatic carbocycles. The van der Waals surface area contributed by atoms with Crippen molar-refractivity contribution in [1.82, 2.24) is 0 Å². The van der Waals surface area contributed by atoms with E-state index in [-0.39, 0.29) is 22.9 Å². The number of ether oxygens (including phenoxy) is 1. The normalized spacial score (nSPS) is 13.3. The van der Waals surface area contributed by atoms with Gasteiger partial charge in [0.05, 0.1) is 17.9 Å². The van der Waals surface area contributed by atoms with Gasteiger partial charge in [0.2, 0.25) is 5.91 Å². The topological polar surface area (TPSA) is 87.7 Å². The Labute approximate surface area is 195 Å². The number of para-hydroxylation sites is 1. The predicted molar refractivity (Wildman–Crippen MR) is 128 cm³/mol. The van der Waals surface area contributed by atoms with E-state index in [4.69, 9.17) is 4.74 Å². The number of hydrogen-bond donors (Lipinski definition) is 2. The Balaban J connectivity index is 1.75. The number of carbonyl (C=O) groups excluding carboxylic acids is 3. The number of nitrogens with zero attached hydrogens (tertiary/aromatic N) is 1. The minimum atomic E-state index is -0.684. The van der Waals surface area contributed by atoms with Crippen LogP contribution in [-0.4, -0.2) is 24.3 Å². The zero-order valence-corrected chi connectivity index (χ0v) is 18.6. The van der Waals surface area contributed by atoms with E-state index in [0.717, 1.165) is 4.90 Å². The SMILES string of the molecule is CCOc1ccc(C2=C(Nc3ccc(NC(C)=O)cc3)C(=O)N(c3ccccc3F)C2=O)cc1. The molecule has 0 unspecified atom stereocenters. The molecule has 0 saturated heterocycles. The van der Waals surface area contributed by atoms with Crippen LogP contribution in [0, 0.1) is 5.82 Å². The quantitative estimate of drug-likeness (QED) is 0.505. The number of benzene rings is 3. The first-order valence-electron chi connectivity index (χ1n) is 10.6. The first kappa shape index (κ1) is 22.7. The molecule has 0 aromatic heterocycles. The van der Waals surface area contributed by atoms with Gasteiger partial charge < -0.3 is 15.4 Å². The van der Waals surface area contributed by atoms with Crippen molar-refractivity contribution in [2.75, 3.05) is 22.1 Å². The zero-order valence-electron chi connectivity index (χ0n) is 18.6. The molecule has 4 rings (SSSR count). The van der Waals surface area contributed by atoms with Crippen molar-refractivity contribution in [3.8, 4) is 5.75 Å². The number of imide groups is 1. The molecule has 0 atom stereocenters. The number of amides is 3. The number of carbonyl (C=O) groups is 3. The van der Waals surface area contributed by atoms with Crippen LogP contribution >= 0.6 is 0 Å². The second-order valence-electron chi connectivity index (χ2n) is 7.49. The third-order valence-electron chi connectivity index (χ3n) is 5.11. The largest absolute Gasteiger partial charge is 0.494 e. The smallest absolute Gasteiger partial charge is 0.282 e. The van der Waals surface area contributed by atoms with E-state index < -0.39 is 17.6 Å². The third kappa shape index (κ3) is 4.52. The number of nitrogens with one attached hydrogen (secondary N) is 2. The average Bonchev–Trinajstić information content (AvgIpc) is 3.05. The van der Waals surface area contributed by atoms with Crippen molar-refractivity contribution in [3.63, 3.8) is 0 Å². The van der Waals surface area contributed by atoms with Gasteiger partial charge in [-0.05, 0) is 61.0 Å². The molecule has 0 saturated carbocycles. The summed E-state index contributed by atoms with van der Waals surface area (Å²) < 4.78 is 20.0. The van der Waals surface area contributed by atoms with E-state index in [0.29, 0.717) is 29.3 Å². The maximum atomic E-state index is 14.5. The molecule has 0 aliphatic carbocycles. The van der Waals surface area contributed by atoms with Crippen LogP contribution in [-0.2, 0) is 14.4 Å². The van der Waals surface area contributed by atoms with Crippen LogP contribution in [0.5, 0.6) is 5.75 Å². The molecule has 0 spiro atoms. The summed E-state index contributed by atoms with van der Waals surface area (Å²) in [6.07, 6.45) is 0. The Morgan fingerprint density at radius 1 is 0.912 bits per heavy atom. The van der Waals surface area contributed by atoms with Gasteiger partial charge in [0.1, 0.15) is 17.3 Å². The summed E-state index contributed by atoms with van der Waals surface area (Å²) in [5, 5.41) is 5.68. The molecule has 3 aromatic rings. The van der Waals surface area contributed by atoms with Gasteiger partial charge in [-0.2, -0.15) is 0 Å². The lowest BCUT2D eigenvalue weighted by Crippen LogP contribution is -2.33. The van der Waals surface area contributed by atoms with Crippen molar-refractivity contribution >= 4 is 40.4 Å². The molecule has 172 valence electrons. The van der Waals surface area contributed by atoms with Crippen LogP contribution in [0.3, 0.4) is 0 Å². The molecule has 0 fully saturated rings. The Kier molecular flexibility index (Phi) is 6.40. The number of halogens is 1. The molecular formula is C26H22FN3O4. The van der Waals surface area contributed by atoms with Crippen LogP contribution in [0.2, 0.25) is 0 Å². The highest BCUT2D eigenvalue weighted by molar-refractivity contribution is 6.46. The van der Waals surface area contributed by atoms with Crippen LogP contribution < -0.4 is 20.3 Å². The lowest BCUT2D eigenvalue weighted by Gasteiger charge is -2.16. The van der Waals surface area contributed by atoms with E-state index in [2.05, 4.69) is 10.6 Å². The van der Waals surface area contributed by atoms with Gasteiger partial charge in [0.25, 0.3) is 11.8 Å². The van der Waals surface area contributed by atoms with E-state index >= 15 is 0 Å². The maximum Gasteiger partial charge on any atom is 0.282 e. The van der Waals surface area contributed by atoms with E-state index in [1.54, 1.807) is 54.6 Å². The van der Waals surface area contributed by atoms with Crippen molar-refractivity contribution in [2.45, 2.75) is 13.8 Å². The standard InChI is InChI=1S/C26H22FN3O4/c1-3-34-20-14-8-17(9-15-20)23-24(29-19-12-10-18(11-13-19)28-16(2)31)26(33)30(25(23)32)22-7-5-4-6-21(22)27/h4-15,29H,3H2,1-2H3,(H,28,31). The first-order chi connectivity index (χ1) is 16.4. The minimum Gasteiger partial charge on any atom is -0.494 e. The van der Waals surface area contributed by atoms with Crippen LogP contribution in [0.4, 0.5) is 21.5 Å². The summed E-state index contributed by atoms with van der Waals surface area (Å²) in [5.41, 5.74) is 1.59. The molecule has 2 N–H and O–H groups in total. The molecule has 7 nitrogen and oxygen atoms in total. The van der Waals surface area contributed by atoms with Gasteiger partial charge in [-0.25, -0.2) is 9.29 Å². The molecule has 0 radical (unpaired) electrons. The Hall–Kier alpha value is -4.46. The lowest BCUT2D eigenvalue weighted by molar-refractivity contribution is -0.120. The van der Waals surface area contributed by atoms with Gasteiger partial charge in [0, 0.05) is 18.3 Å². The predicted octanol–water partition coefficient (Wildman–Crippen LogP) is 4.58. The monoisotopic (exact) mass is 459 g/mol. The van der Waals surface area contributed by atoms with E-state index in [1.807, 2.05) is 6.92 Å². The van der Waals surface area contributed by atoms with Crippen LogP contribution in [0.1, 0.15) is 19.4 Å². The van der Waals surface area contributed by atoms with Crippen molar-refractivity contribution < 1.29 is 23.5 Å². The highest BCUT2D eigenvalue weighted by atomic mass is 19.1. The van der Waals surface area contributed by atoms with Crippen molar-refractivity contribution in [3.05, 3.63) is 89.9 Å². The summed E-state index contributed by atoms with van der Waals surface area (Å²) >= 11 is 0. The first-order valence-corrected chi connectivity index (χ1v) is 10.6. The molecule has 0 bridgehead atoms. The molecule has 34 heavy (non-hydrogen) atoms. The zero-order chi connectivity index (χ0) is 24.2. The fraction of sp³-hybridized carbons (Fsp3) is 0.115. The summed E-state index contributed by atoms with van der Waals surface area (Å²) in [4.78, 5) is 38.9. The number of anilines is 3. The second-order valence-corrected chi connectivity index (χ2v) is 7.49. The van der Waals surface area contributed by atoms with Gasteiger partial charge in [0.15, 0.2) is 0 Å². The summed E-state index contributed by atoms with van der Waals surface area (Å²) in [5.74, 6) is -1.59.